The van der Waals surface area contributed by atoms with Crippen molar-refractivity contribution in [2.24, 2.45) is 11.8 Å². The zero-order chi connectivity index (χ0) is 11.4. The van der Waals surface area contributed by atoms with Crippen LogP contribution in [0.3, 0.4) is 0 Å². The van der Waals surface area contributed by atoms with E-state index in [0.717, 1.165) is 17.9 Å². The maximum absolute atomic E-state index is 3.68. The highest BCUT2D eigenvalue weighted by Gasteiger charge is 2.23. The first-order chi connectivity index (χ1) is 7.78. The zero-order valence-electron chi connectivity index (χ0n) is 11.0. The highest BCUT2D eigenvalue weighted by molar-refractivity contribution is 4.81. The van der Waals surface area contributed by atoms with Gasteiger partial charge in [-0.15, -0.1) is 0 Å². The third kappa shape index (κ3) is 3.46. The van der Waals surface area contributed by atoms with Crippen LogP contribution < -0.4 is 5.32 Å². The van der Waals surface area contributed by atoms with Crippen LogP contribution >= 0.6 is 0 Å². The van der Waals surface area contributed by atoms with Crippen molar-refractivity contribution in [1.82, 2.24) is 10.2 Å². The van der Waals surface area contributed by atoms with Crippen molar-refractivity contribution in [3.63, 3.8) is 0 Å². The first-order valence-electron chi connectivity index (χ1n) is 7.23. The first kappa shape index (κ1) is 12.4. The summed E-state index contributed by atoms with van der Waals surface area (Å²) in [6, 6.07) is 0.766. The normalized spacial score (nSPS) is 34.1. The van der Waals surface area contributed by atoms with Crippen LogP contribution in [-0.2, 0) is 0 Å². The van der Waals surface area contributed by atoms with Crippen LogP contribution in [0.5, 0.6) is 0 Å². The largest absolute Gasteiger partial charge is 0.313 e. The van der Waals surface area contributed by atoms with E-state index < -0.39 is 0 Å². The van der Waals surface area contributed by atoms with Gasteiger partial charge in [-0.25, -0.2) is 0 Å². The Labute approximate surface area is 101 Å². The van der Waals surface area contributed by atoms with Gasteiger partial charge in [0.05, 0.1) is 0 Å². The Kier molecular flexibility index (Phi) is 4.66. The van der Waals surface area contributed by atoms with E-state index in [4.69, 9.17) is 0 Å². The minimum Gasteiger partial charge on any atom is -0.313 e. The van der Waals surface area contributed by atoms with E-state index in [9.17, 15) is 0 Å². The monoisotopic (exact) mass is 224 g/mol. The van der Waals surface area contributed by atoms with Gasteiger partial charge < -0.3 is 10.2 Å². The molecule has 0 saturated carbocycles. The van der Waals surface area contributed by atoms with E-state index in [1.54, 1.807) is 0 Å². The fourth-order valence-electron chi connectivity index (χ4n) is 3.25. The van der Waals surface area contributed by atoms with Gasteiger partial charge in [-0.2, -0.15) is 0 Å². The third-order valence-corrected chi connectivity index (χ3v) is 4.52. The van der Waals surface area contributed by atoms with Crippen LogP contribution in [0.2, 0.25) is 0 Å². The molecule has 0 aliphatic carbocycles. The fraction of sp³-hybridized carbons (Fsp3) is 1.00. The molecule has 0 spiro atoms. The van der Waals surface area contributed by atoms with Gasteiger partial charge >= 0.3 is 0 Å². The molecule has 0 amide bonds. The second-order valence-corrected chi connectivity index (χ2v) is 5.93. The molecule has 0 aromatic rings. The number of likely N-dealkylation sites (tertiary alicyclic amines) is 1. The van der Waals surface area contributed by atoms with Gasteiger partial charge in [0.1, 0.15) is 0 Å². The molecule has 2 rings (SSSR count). The smallest absolute Gasteiger partial charge is 0.0197 e. The Balaban J connectivity index is 1.69. The summed E-state index contributed by atoms with van der Waals surface area (Å²) >= 11 is 0. The SMILES string of the molecule is CCC1CCN(CC2CC(C)CCN2)CC1. The van der Waals surface area contributed by atoms with Crippen LogP contribution in [0.25, 0.3) is 0 Å². The van der Waals surface area contributed by atoms with E-state index in [1.807, 2.05) is 0 Å². The number of hydrogen-bond acceptors (Lipinski definition) is 2. The van der Waals surface area contributed by atoms with E-state index in [-0.39, 0.29) is 0 Å². The molecule has 2 fully saturated rings. The lowest BCUT2D eigenvalue weighted by Gasteiger charge is -2.36. The Morgan fingerprint density at radius 1 is 1.19 bits per heavy atom. The van der Waals surface area contributed by atoms with Crippen LogP contribution in [0.1, 0.15) is 46.0 Å². The molecule has 0 bridgehead atoms. The number of nitrogens with zero attached hydrogens (tertiary/aromatic N) is 1. The summed E-state index contributed by atoms with van der Waals surface area (Å²) in [6.45, 7) is 9.94. The fourth-order valence-corrected chi connectivity index (χ4v) is 3.25. The average molecular weight is 224 g/mol. The van der Waals surface area contributed by atoms with Gasteiger partial charge in [0, 0.05) is 12.6 Å². The van der Waals surface area contributed by atoms with Crippen LogP contribution in [0.4, 0.5) is 0 Å². The van der Waals surface area contributed by atoms with Gasteiger partial charge in [-0.1, -0.05) is 20.3 Å². The number of hydrogen-bond donors (Lipinski definition) is 1. The second kappa shape index (κ2) is 6.02. The van der Waals surface area contributed by atoms with Crippen molar-refractivity contribution in [3.05, 3.63) is 0 Å². The Hall–Kier alpha value is -0.0800. The quantitative estimate of drug-likeness (QED) is 0.792. The molecule has 0 aromatic carbocycles. The predicted octanol–water partition coefficient (Wildman–Crippen LogP) is 2.50. The molecule has 2 nitrogen and oxygen atoms in total. The first-order valence-corrected chi connectivity index (χ1v) is 7.23. The van der Waals surface area contributed by atoms with Crippen LogP contribution in [-0.4, -0.2) is 37.1 Å². The van der Waals surface area contributed by atoms with Gasteiger partial charge in [-0.05, 0) is 57.2 Å². The molecular weight excluding hydrogens is 196 g/mol. The summed E-state index contributed by atoms with van der Waals surface area (Å²) in [6.07, 6.45) is 6.99. The van der Waals surface area contributed by atoms with Crippen molar-refractivity contribution < 1.29 is 0 Å². The van der Waals surface area contributed by atoms with Gasteiger partial charge in [0.25, 0.3) is 0 Å². The van der Waals surface area contributed by atoms with Crippen molar-refractivity contribution in [2.45, 2.75) is 52.0 Å². The summed E-state index contributed by atoms with van der Waals surface area (Å²) in [5.41, 5.74) is 0. The number of piperidine rings is 2. The molecule has 2 saturated heterocycles. The lowest BCUT2D eigenvalue weighted by molar-refractivity contribution is 0.151. The summed E-state index contributed by atoms with van der Waals surface area (Å²) in [5.74, 6) is 1.94. The van der Waals surface area contributed by atoms with Crippen molar-refractivity contribution >= 4 is 0 Å². The van der Waals surface area contributed by atoms with E-state index in [2.05, 4.69) is 24.1 Å². The molecule has 2 atom stereocenters. The van der Waals surface area contributed by atoms with Crippen molar-refractivity contribution in [2.75, 3.05) is 26.2 Å². The maximum Gasteiger partial charge on any atom is 0.0197 e. The second-order valence-electron chi connectivity index (χ2n) is 5.93. The lowest BCUT2D eigenvalue weighted by atomic mass is 9.91. The van der Waals surface area contributed by atoms with Crippen molar-refractivity contribution in [1.29, 1.82) is 0 Å². The highest BCUT2D eigenvalue weighted by Crippen LogP contribution is 2.21. The summed E-state index contributed by atoms with van der Waals surface area (Å²) in [5, 5.41) is 3.68. The standard InChI is InChI=1S/C14H28N2/c1-3-13-5-8-16(9-6-13)11-14-10-12(2)4-7-15-14/h12-15H,3-11H2,1-2H3. The Morgan fingerprint density at radius 3 is 2.56 bits per heavy atom. The molecule has 2 unspecified atom stereocenters. The highest BCUT2D eigenvalue weighted by atomic mass is 15.2. The molecule has 2 heterocycles. The Bertz CT molecular complexity index is 197. The molecule has 2 aliphatic rings. The predicted molar refractivity (Wildman–Crippen MR) is 69.6 cm³/mol. The third-order valence-electron chi connectivity index (χ3n) is 4.52. The molecule has 0 radical (unpaired) electrons. The molecule has 2 aliphatic heterocycles. The molecule has 1 N–H and O–H groups in total. The van der Waals surface area contributed by atoms with E-state index >= 15 is 0 Å². The molecular formula is C14H28N2. The van der Waals surface area contributed by atoms with E-state index in [0.29, 0.717) is 0 Å². The van der Waals surface area contributed by atoms with Gasteiger partial charge in [0.15, 0.2) is 0 Å². The Morgan fingerprint density at radius 2 is 1.94 bits per heavy atom. The molecule has 2 heteroatoms. The van der Waals surface area contributed by atoms with Crippen molar-refractivity contribution in [3.8, 4) is 0 Å². The maximum atomic E-state index is 3.68. The topological polar surface area (TPSA) is 15.3 Å². The van der Waals surface area contributed by atoms with Crippen LogP contribution in [0, 0.1) is 11.8 Å². The van der Waals surface area contributed by atoms with Crippen LogP contribution in [0.15, 0.2) is 0 Å². The number of nitrogens with one attached hydrogen (secondary N) is 1. The van der Waals surface area contributed by atoms with Gasteiger partial charge in [0.2, 0.25) is 0 Å². The zero-order valence-corrected chi connectivity index (χ0v) is 11.0. The lowest BCUT2D eigenvalue weighted by Crippen LogP contribution is -2.47. The summed E-state index contributed by atoms with van der Waals surface area (Å²) < 4.78 is 0. The molecule has 16 heavy (non-hydrogen) atoms. The summed E-state index contributed by atoms with van der Waals surface area (Å²) in [4.78, 5) is 2.68. The average Bonchev–Trinajstić information content (AvgIpc) is 2.30. The minimum atomic E-state index is 0.766. The number of rotatable bonds is 3. The van der Waals surface area contributed by atoms with Gasteiger partial charge in [-0.3, -0.25) is 0 Å². The summed E-state index contributed by atoms with van der Waals surface area (Å²) in [7, 11) is 0. The molecule has 94 valence electrons. The minimum absolute atomic E-state index is 0.766. The van der Waals surface area contributed by atoms with E-state index in [1.165, 1.54) is 58.3 Å². The molecule has 0 aromatic heterocycles.